The van der Waals surface area contributed by atoms with Gasteiger partial charge in [-0.15, -0.1) is 24.0 Å². The number of nitrogens with one attached hydrogen (secondary N) is 1. The van der Waals surface area contributed by atoms with Gasteiger partial charge in [-0.1, -0.05) is 6.07 Å². The highest BCUT2D eigenvalue weighted by Crippen LogP contribution is 2.19. The Kier molecular flexibility index (Phi) is 7.91. The fourth-order valence-corrected chi connectivity index (χ4v) is 3.81. The van der Waals surface area contributed by atoms with E-state index >= 15 is 0 Å². The van der Waals surface area contributed by atoms with Gasteiger partial charge in [-0.3, -0.25) is 4.99 Å². The Morgan fingerprint density at radius 2 is 2.03 bits per heavy atom. The maximum absolute atomic E-state index is 5.99. The maximum atomic E-state index is 5.99. The van der Waals surface area contributed by atoms with Crippen LogP contribution in [0.25, 0.3) is 0 Å². The summed E-state index contributed by atoms with van der Waals surface area (Å²) in [6.45, 7) is 4.68. The number of aliphatic imine (C=N–C) groups is 1. The summed E-state index contributed by atoms with van der Waals surface area (Å²) in [5.41, 5.74) is 1.22. The van der Waals surface area contributed by atoms with Crippen LogP contribution >= 0.6 is 24.0 Å². The summed E-state index contributed by atoms with van der Waals surface area (Å²) in [7, 11) is 1.83. The number of nitrogens with zero attached hydrogens (tertiary/aromatic N) is 5. The van der Waals surface area contributed by atoms with E-state index in [1.54, 1.807) is 6.20 Å². The van der Waals surface area contributed by atoms with Gasteiger partial charge >= 0.3 is 0 Å². The molecule has 1 atom stereocenters. The average molecular weight is 508 g/mol. The second-order valence-corrected chi connectivity index (χ2v) is 7.26. The van der Waals surface area contributed by atoms with Gasteiger partial charge in [0.05, 0.1) is 6.54 Å². The fraction of sp³-hybridized carbons (Fsp3) is 0.476. The third-order valence-corrected chi connectivity index (χ3v) is 5.27. The van der Waals surface area contributed by atoms with Crippen molar-refractivity contribution < 1.29 is 4.74 Å². The van der Waals surface area contributed by atoms with E-state index < -0.39 is 0 Å². The van der Waals surface area contributed by atoms with Crippen LogP contribution in [0.2, 0.25) is 0 Å². The molecule has 29 heavy (non-hydrogen) atoms. The van der Waals surface area contributed by atoms with E-state index in [1.807, 2.05) is 31.4 Å². The van der Waals surface area contributed by atoms with Gasteiger partial charge in [-0.05, 0) is 36.6 Å². The highest BCUT2D eigenvalue weighted by atomic mass is 127. The van der Waals surface area contributed by atoms with E-state index in [4.69, 9.17) is 4.74 Å². The number of ether oxygens (including phenoxy) is 1. The molecule has 4 heterocycles. The molecule has 2 aliphatic heterocycles. The number of hydrogen-bond donors (Lipinski definition) is 1. The lowest BCUT2D eigenvalue weighted by Gasteiger charge is -2.22. The van der Waals surface area contributed by atoms with Crippen LogP contribution in [0.4, 0.5) is 5.82 Å². The SMILES string of the molecule is CN=C(NCc1ccnc(N2CCCC2)c1)N1CCC(Oc2ccccn2)C1.I. The number of rotatable bonds is 5. The van der Waals surface area contributed by atoms with Crippen LogP contribution in [-0.2, 0) is 6.54 Å². The van der Waals surface area contributed by atoms with Crippen LogP contribution < -0.4 is 15.0 Å². The molecule has 8 heteroatoms. The molecule has 2 fully saturated rings. The molecule has 0 aliphatic carbocycles. The van der Waals surface area contributed by atoms with Gasteiger partial charge in [0.2, 0.25) is 5.88 Å². The van der Waals surface area contributed by atoms with Gasteiger partial charge < -0.3 is 19.9 Å². The Bertz CT molecular complexity index is 797. The molecule has 2 aliphatic rings. The quantitative estimate of drug-likeness (QED) is 0.381. The Morgan fingerprint density at radius 3 is 2.79 bits per heavy atom. The summed E-state index contributed by atoms with van der Waals surface area (Å²) in [5.74, 6) is 2.67. The molecule has 0 bridgehead atoms. The van der Waals surface area contributed by atoms with Crippen molar-refractivity contribution in [3.05, 3.63) is 48.3 Å². The normalized spacial score (nSPS) is 19.2. The zero-order chi connectivity index (χ0) is 19.2. The van der Waals surface area contributed by atoms with Gasteiger partial charge in [0.15, 0.2) is 5.96 Å². The molecule has 1 unspecified atom stereocenters. The lowest BCUT2D eigenvalue weighted by molar-refractivity contribution is 0.205. The molecular weight excluding hydrogens is 479 g/mol. The summed E-state index contributed by atoms with van der Waals surface area (Å²) in [4.78, 5) is 17.8. The van der Waals surface area contributed by atoms with Crippen molar-refractivity contribution in [1.82, 2.24) is 20.2 Å². The van der Waals surface area contributed by atoms with Crippen molar-refractivity contribution in [2.45, 2.75) is 31.9 Å². The lowest BCUT2D eigenvalue weighted by Crippen LogP contribution is -2.40. The molecule has 156 valence electrons. The highest BCUT2D eigenvalue weighted by Gasteiger charge is 2.26. The third-order valence-electron chi connectivity index (χ3n) is 5.27. The zero-order valence-electron chi connectivity index (χ0n) is 16.8. The molecule has 2 saturated heterocycles. The molecule has 0 aromatic carbocycles. The van der Waals surface area contributed by atoms with Crippen LogP contribution in [0.5, 0.6) is 5.88 Å². The molecule has 0 amide bonds. The molecule has 1 N–H and O–H groups in total. The molecule has 7 nitrogen and oxygen atoms in total. The van der Waals surface area contributed by atoms with Crippen molar-refractivity contribution in [3.63, 3.8) is 0 Å². The molecule has 0 radical (unpaired) electrons. The number of guanidine groups is 1. The molecule has 2 aromatic rings. The predicted octanol–water partition coefficient (Wildman–Crippen LogP) is 2.92. The van der Waals surface area contributed by atoms with E-state index in [0.717, 1.165) is 50.9 Å². The van der Waals surface area contributed by atoms with Crippen molar-refractivity contribution >= 4 is 35.8 Å². The standard InChI is InChI=1S/C21H28N6O.HI/c1-22-21(27-13-8-18(16-27)28-20-6-2-3-9-24-20)25-15-17-7-10-23-19(14-17)26-11-4-5-12-26;/h2-3,6-7,9-10,14,18H,4-5,8,11-13,15-16H2,1H3,(H,22,25);1H. The molecule has 4 rings (SSSR count). The topological polar surface area (TPSA) is 65.9 Å². The van der Waals surface area contributed by atoms with Gasteiger partial charge in [0.1, 0.15) is 11.9 Å². The highest BCUT2D eigenvalue weighted by molar-refractivity contribution is 14.0. The average Bonchev–Trinajstić information content (AvgIpc) is 3.42. The van der Waals surface area contributed by atoms with Crippen molar-refractivity contribution in [3.8, 4) is 5.88 Å². The van der Waals surface area contributed by atoms with Crippen LogP contribution in [0.3, 0.4) is 0 Å². The maximum Gasteiger partial charge on any atom is 0.213 e. The summed E-state index contributed by atoms with van der Waals surface area (Å²) in [6, 6.07) is 9.99. The van der Waals surface area contributed by atoms with E-state index in [-0.39, 0.29) is 30.1 Å². The third kappa shape index (κ3) is 5.71. The van der Waals surface area contributed by atoms with E-state index in [0.29, 0.717) is 5.88 Å². The van der Waals surface area contributed by atoms with Gasteiger partial charge in [-0.25, -0.2) is 9.97 Å². The van der Waals surface area contributed by atoms with E-state index in [1.165, 1.54) is 18.4 Å². The van der Waals surface area contributed by atoms with Crippen LogP contribution in [0.15, 0.2) is 47.7 Å². The summed E-state index contributed by atoms with van der Waals surface area (Å²) in [5, 5.41) is 3.49. The van der Waals surface area contributed by atoms with Crippen molar-refractivity contribution in [2.24, 2.45) is 4.99 Å². The molecular formula is C21H29IN6O. The van der Waals surface area contributed by atoms with Crippen LogP contribution in [-0.4, -0.2) is 60.2 Å². The van der Waals surface area contributed by atoms with E-state index in [2.05, 4.69) is 42.2 Å². The first-order valence-corrected chi connectivity index (χ1v) is 10.0. The van der Waals surface area contributed by atoms with Gasteiger partial charge in [0, 0.05) is 58.1 Å². The van der Waals surface area contributed by atoms with Crippen LogP contribution in [0, 0.1) is 0 Å². The first kappa shape index (κ1) is 21.6. The summed E-state index contributed by atoms with van der Waals surface area (Å²) >= 11 is 0. The Balaban J connectivity index is 0.00000240. The first-order valence-electron chi connectivity index (χ1n) is 10.0. The first-order chi connectivity index (χ1) is 13.8. The lowest BCUT2D eigenvalue weighted by atomic mass is 10.2. The van der Waals surface area contributed by atoms with Crippen LogP contribution in [0.1, 0.15) is 24.8 Å². The fourth-order valence-electron chi connectivity index (χ4n) is 3.81. The van der Waals surface area contributed by atoms with Crippen molar-refractivity contribution in [2.75, 3.05) is 38.1 Å². The Hall–Kier alpha value is -2.10. The summed E-state index contributed by atoms with van der Waals surface area (Å²) < 4.78 is 5.99. The summed E-state index contributed by atoms with van der Waals surface area (Å²) in [6.07, 6.45) is 7.27. The number of hydrogen-bond acceptors (Lipinski definition) is 5. The number of likely N-dealkylation sites (tertiary alicyclic amines) is 1. The zero-order valence-corrected chi connectivity index (χ0v) is 19.2. The molecule has 0 spiro atoms. The smallest absolute Gasteiger partial charge is 0.213 e. The van der Waals surface area contributed by atoms with E-state index in [9.17, 15) is 0 Å². The number of aromatic nitrogens is 2. The Morgan fingerprint density at radius 1 is 1.17 bits per heavy atom. The minimum absolute atomic E-state index is 0. The molecule has 0 saturated carbocycles. The second kappa shape index (κ2) is 10.6. The molecule has 2 aromatic heterocycles. The minimum atomic E-state index is 0. The minimum Gasteiger partial charge on any atom is -0.472 e. The Labute approximate surface area is 189 Å². The predicted molar refractivity (Wildman–Crippen MR) is 126 cm³/mol. The number of halogens is 1. The second-order valence-electron chi connectivity index (χ2n) is 7.26. The number of pyridine rings is 2. The van der Waals surface area contributed by atoms with Gasteiger partial charge in [-0.2, -0.15) is 0 Å². The van der Waals surface area contributed by atoms with Gasteiger partial charge in [0.25, 0.3) is 0 Å². The monoisotopic (exact) mass is 508 g/mol. The number of anilines is 1. The van der Waals surface area contributed by atoms with Crippen molar-refractivity contribution in [1.29, 1.82) is 0 Å². The largest absolute Gasteiger partial charge is 0.472 e.